The van der Waals surface area contributed by atoms with Crippen LogP contribution in [0.3, 0.4) is 0 Å². The molecule has 6 nitrogen and oxygen atoms in total. The van der Waals surface area contributed by atoms with Crippen molar-refractivity contribution in [3.8, 4) is 0 Å². The Labute approximate surface area is 151 Å². The molecular formula is C20H20N6. The van der Waals surface area contributed by atoms with Gasteiger partial charge in [0.2, 0.25) is 0 Å². The van der Waals surface area contributed by atoms with Crippen molar-refractivity contribution in [2.75, 3.05) is 28.2 Å². The number of aromatic nitrogens is 3. The fourth-order valence-electron chi connectivity index (χ4n) is 3.91. The van der Waals surface area contributed by atoms with E-state index in [2.05, 4.69) is 44.3 Å². The molecule has 0 unspecified atom stereocenters. The predicted molar refractivity (Wildman–Crippen MR) is 106 cm³/mol. The molecule has 0 amide bonds. The van der Waals surface area contributed by atoms with Crippen molar-refractivity contribution in [2.45, 2.75) is 12.5 Å². The maximum absolute atomic E-state index is 4.80. The molecule has 2 N–H and O–H groups in total. The van der Waals surface area contributed by atoms with Crippen molar-refractivity contribution in [2.24, 2.45) is 0 Å². The first-order valence-corrected chi connectivity index (χ1v) is 8.79. The van der Waals surface area contributed by atoms with Crippen molar-refractivity contribution in [1.29, 1.82) is 0 Å². The highest BCUT2D eigenvalue weighted by Gasteiger charge is 2.38. The Hall–Kier alpha value is -3.28. The number of pyridine rings is 2. The van der Waals surface area contributed by atoms with E-state index in [0.717, 1.165) is 59.3 Å². The van der Waals surface area contributed by atoms with Gasteiger partial charge in [-0.15, -0.1) is 0 Å². The van der Waals surface area contributed by atoms with Crippen LogP contribution in [0.4, 0.5) is 17.3 Å². The topological polar surface area (TPSA) is 60.1 Å². The number of nitrogens with one attached hydrogen (secondary N) is 2. The van der Waals surface area contributed by atoms with E-state index in [4.69, 9.17) is 4.98 Å². The Kier molecular flexibility index (Phi) is 3.25. The summed E-state index contributed by atoms with van der Waals surface area (Å²) in [6.45, 7) is 10.2. The lowest BCUT2D eigenvalue weighted by Gasteiger charge is -2.38. The first-order chi connectivity index (χ1) is 12.7. The molecule has 2 aliphatic heterocycles. The first kappa shape index (κ1) is 15.0. The van der Waals surface area contributed by atoms with Gasteiger partial charge in [-0.2, -0.15) is 0 Å². The number of hydrogen-bond acceptors (Lipinski definition) is 5. The van der Waals surface area contributed by atoms with E-state index in [1.54, 1.807) is 6.08 Å². The second kappa shape index (κ2) is 5.62. The second-order valence-electron chi connectivity index (χ2n) is 6.75. The van der Waals surface area contributed by atoms with Gasteiger partial charge in [0, 0.05) is 24.7 Å². The molecule has 0 aromatic carbocycles. The molecule has 6 heteroatoms. The zero-order valence-electron chi connectivity index (χ0n) is 14.4. The average Bonchev–Trinajstić information content (AvgIpc) is 3.29. The normalized spacial score (nSPS) is 18.1. The number of hydrogen-bond donors (Lipinski definition) is 2. The fourth-order valence-corrected chi connectivity index (χ4v) is 3.91. The summed E-state index contributed by atoms with van der Waals surface area (Å²) < 4.78 is 0. The number of nitrogens with zero attached hydrogens (tertiary/aromatic N) is 4. The summed E-state index contributed by atoms with van der Waals surface area (Å²) in [5.41, 5.74) is 3.05. The van der Waals surface area contributed by atoms with Crippen LogP contribution in [0.15, 0.2) is 55.6 Å². The Morgan fingerprint density at radius 2 is 2.27 bits per heavy atom. The number of fused-ring (bicyclic) bond motifs is 5. The third-order valence-corrected chi connectivity index (χ3v) is 5.18. The van der Waals surface area contributed by atoms with Crippen LogP contribution >= 0.6 is 0 Å². The summed E-state index contributed by atoms with van der Waals surface area (Å²) >= 11 is 0. The zero-order valence-corrected chi connectivity index (χ0v) is 14.4. The molecule has 2 aliphatic rings. The third kappa shape index (κ3) is 2.26. The number of anilines is 3. The van der Waals surface area contributed by atoms with Gasteiger partial charge in [-0.1, -0.05) is 13.2 Å². The maximum atomic E-state index is 4.80. The third-order valence-electron chi connectivity index (χ3n) is 5.18. The highest BCUT2D eigenvalue weighted by molar-refractivity contribution is 5.82. The quantitative estimate of drug-likeness (QED) is 0.757. The molecule has 0 aliphatic carbocycles. The lowest BCUT2D eigenvalue weighted by Crippen LogP contribution is -2.43. The standard InChI is InChI=1S/C20H20N6/c1-3-15-4-5-18-20(24-15)26(16-7-9-25(18)12-16)13(2)23-19-10-14-6-8-21-17(14)11-22-19/h3-6,8,10-11,16,21H,1-2,7,9,12H2,(H,22,23)/t16-/m0/s1. The lowest BCUT2D eigenvalue weighted by atomic mass is 10.1. The van der Waals surface area contributed by atoms with Gasteiger partial charge in [-0.3, -0.25) is 0 Å². The summed E-state index contributed by atoms with van der Waals surface area (Å²) in [5.74, 6) is 2.52. The van der Waals surface area contributed by atoms with E-state index in [-0.39, 0.29) is 0 Å². The Morgan fingerprint density at radius 3 is 3.15 bits per heavy atom. The van der Waals surface area contributed by atoms with Crippen LogP contribution < -0.4 is 15.1 Å². The minimum absolute atomic E-state index is 0.367. The van der Waals surface area contributed by atoms with Crippen LogP contribution in [0.2, 0.25) is 0 Å². The van der Waals surface area contributed by atoms with Gasteiger partial charge in [0.15, 0.2) is 5.82 Å². The van der Waals surface area contributed by atoms with Crippen molar-refractivity contribution in [3.63, 3.8) is 0 Å². The first-order valence-electron chi connectivity index (χ1n) is 8.79. The molecule has 0 spiro atoms. The van der Waals surface area contributed by atoms with Gasteiger partial charge in [0.1, 0.15) is 11.6 Å². The number of H-pyrrole nitrogens is 1. The van der Waals surface area contributed by atoms with Crippen LogP contribution in [0.5, 0.6) is 0 Å². The lowest BCUT2D eigenvalue weighted by molar-refractivity contribution is 0.676. The van der Waals surface area contributed by atoms with Crippen LogP contribution in [-0.4, -0.2) is 34.1 Å². The van der Waals surface area contributed by atoms with Crippen molar-refractivity contribution in [1.82, 2.24) is 15.0 Å². The van der Waals surface area contributed by atoms with Gasteiger partial charge in [-0.25, -0.2) is 9.97 Å². The molecule has 0 radical (unpaired) electrons. The molecule has 1 fully saturated rings. The van der Waals surface area contributed by atoms with E-state index < -0.39 is 0 Å². The molecule has 5 rings (SSSR count). The van der Waals surface area contributed by atoms with Crippen LogP contribution in [-0.2, 0) is 0 Å². The number of aromatic amines is 1. The highest BCUT2D eigenvalue weighted by atomic mass is 15.4. The smallest absolute Gasteiger partial charge is 0.158 e. The second-order valence-corrected chi connectivity index (χ2v) is 6.75. The maximum Gasteiger partial charge on any atom is 0.158 e. The molecule has 5 heterocycles. The van der Waals surface area contributed by atoms with E-state index in [9.17, 15) is 0 Å². The summed E-state index contributed by atoms with van der Waals surface area (Å²) in [5, 5.41) is 4.50. The molecule has 3 aromatic heterocycles. The molecule has 130 valence electrons. The van der Waals surface area contributed by atoms with E-state index >= 15 is 0 Å². The average molecular weight is 344 g/mol. The minimum Gasteiger partial charge on any atom is -0.366 e. The minimum atomic E-state index is 0.367. The Balaban J connectivity index is 1.50. The molecule has 26 heavy (non-hydrogen) atoms. The highest BCUT2D eigenvalue weighted by Crippen LogP contribution is 2.40. The van der Waals surface area contributed by atoms with Gasteiger partial charge in [0.05, 0.1) is 29.1 Å². The fraction of sp³-hybridized carbons (Fsp3) is 0.200. The Bertz CT molecular complexity index is 1020. The summed E-state index contributed by atoms with van der Waals surface area (Å²) in [7, 11) is 0. The molecule has 0 saturated carbocycles. The monoisotopic (exact) mass is 344 g/mol. The molecular weight excluding hydrogens is 324 g/mol. The van der Waals surface area contributed by atoms with Gasteiger partial charge >= 0.3 is 0 Å². The van der Waals surface area contributed by atoms with Gasteiger partial charge < -0.3 is 20.1 Å². The van der Waals surface area contributed by atoms with Crippen LogP contribution in [0.1, 0.15) is 12.1 Å². The van der Waals surface area contributed by atoms with Gasteiger partial charge in [-0.05, 0) is 36.8 Å². The molecule has 3 aromatic rings. The SMILES string of the molecule is C=Cc1ccc2c(n1)N(C(=C)Nc1cc3cc[nH]c3cn1)[C@H]1CCN2C1. The largest absolute Gasteiger partial charge is 0.366 e. The van der Waals surface area contributed by atoms with Crippen molar-refractivity contribution in [3.05, 3.63) is 61.3 Å². The summed E-state index contributed by atoms with van der Waals surface area (Å²) in [6.07, 6.45) is 6.62. The van der Waals surface area contributed by atoms with Crippen LogP contribution in [0, 0.1) is 0 Å². The summed E-state index contributed by atoms with van der Waals surface area (Å²) in [6, 6.07) is 8.57. The summed E-state index contributed by atoms with van der Waals surface area (Å²) in [4.78, 5) is 17.1. The predicted octanol–water partition coefficient (Wildman–Crippen LogP) is 3.58. The van der Waals surface area contributed by atoms with E-state index in [1.807, 2.05) is 30.6 Å². The number of rotatable bonds is 4. The van der Waals surface area contributed by atoms with E-state index in [1.165, 1.54) is 0 Å². The Morgan fingerprint density at radius 1 is 1.35 bits per heavy atom. The van der Waals surface area contributed by atoms with E-state index in [0.29, 0.717) is 6.04 Å². The van der Waals surface area contributed by atoms with Crippen molar-refractivity contribution >= 4 is 34.3 Å². The van der Waals surface area contributed by atoms with Gasteiger partial charge in [0.25, 0.3) is 0 Å². The molecule has 1 atom stereocenters. The molecule has 1 saturated heterocycles. The molecule has 2 bridgehead atoms. The zero-order chi connectivity index (χ0) is 17.7. The van der Waals surface area contributed by atoms with Crippen LogP contribution in [0.25, 0.3) is 17.0 Å². The van der Waals surface area contributed by atoms with Crippen molar-refractivity contribution < 1.29 is 0 Å².